The molecule has 0 aliphatic carbocycles. The van der Waals surface area contributed by atoms with Gasteiger partial charge in [-0.3, -0.25) is 4.79 Å². The van der Waals surface area contributed by atoms with Crippen LogP contribution in [-0.2, 0) is 4.79 Å². The largest absolute Gasteiger partial charge is 0.480 e. The lowest BCUT2D eigenvalue weighted by Crippen LogP contribution is -2.38. The van der Waals surface area contributed by atoms with E-state index in [0.717, 1.165) is 0 Å². The van der Waals surface area contributed by atoms with Crippen molar-refractivity contribution in [2.75, 3.05) is 0 Å². The number of nitrogens with two attached hydrogens (primary N) is 1. The zero-order chi connectivity index (χ0) is 10.6. The molecular weight excluding hydrogens is 174 g/mol. The molecule has 0 aromatic rings. The van der Waals surface area contributed by atoms with E-state index in [-0.39, 0.29) is 18.8 Å². The standard InChI is InChI=1S/C8H17NO4/c1-5(2)8(12,13)4-3-6(9)7(10)11/h5-6,12-13H,3-4,9H2,1-2H3,(H,10,11)/t6-/m0/s1. The van der Waals surface area contributed by atoms with Gasteiger partial charge in [-0.1, -0.05) is 13.8 Å². The molecule has 5 N–H and O–H groups in total. The number of carboxylic acid groups (broad SMARTS) is 1. The Hall–Kier alpha value is -0.650. The van der Waals surface area contributed by atoms with Crippen LogP contribution in [0, 0.1) is 5.92 Å². The normalized spacial score (nSPS) is 14.6. The third-order valence-electron chi connectivity index (χ3n) is 2.07. The van der Waals surface area contributed by atoms with Gasteiger partial charge in [-0.15, -0.1) is 0 Å². The Morgan fingerprint density at radius 1 is 1.46 bits per heavy atom. The molecule has 0 heterocycles. The lowest BCUT2D eigenvalue weighted by Gasteiger charge is -2.26. The SMILES string of the molecule is CC(C)C(O)(O)CC[C@H](N)C(=O)O. The van der Waals surface area contributed by atoms with Gasteiger partial charge in [-0.2, -0.15) is 0 Å². The van der Waals surface area contributed by atoms with Gasteiger partial charge < -0.3 is 21.1 Å². The van der Waals surface area contributed by atoms with E-state index in [1.165, 1.54) is 0 Å². The van der Waals surface area contributed by atoms with Crippen molar-refractivity contribution >= 4 is 5.97 Å². The van der Waals surface area contributed by atoms with Crippen molar-refractivity contribution in [1.82, 2.24) is 0 Å². The summed E-state index contributed by atoms with van der Waals surface area (Å²) in [4.78, 5) is 10.3. The molecule has 5 nitrogen and oxygen atoms in total. The van der Waals surface area contributed by atoms with Crippen molar-refractivity contribution < 1.29 is 20.1 Å². The molecule has 0 fully saturated rings. The monoisotopic (exact) mass is 191 g/mol. The summed E-state index contributed by atoms with van der Waals surface area (Å²) in [6.45, 7) is 3.29. The van der Waals surface area contributed by atoms with Crippen molar-refractivity contribution in [2.24, 2.45) is 11.7 Å². The molecule has 5 heteroatoms. The first kappa shape index (κ1) is 12.3. The van der Waals surface area contributed by atoms with E-state index in [9.17, 15) is 15.0 Å². The van der Waals surface area contributed by atoms with Gasteiger partial charge in [0.1, 0.15) is 6.04 Å². The molecule has 0 spiro atoms. The number of hydrogen-bond acceptors (Lipinski definition) is 4. The maximum atomic E-state index is 10.3. The summed E-state index contributed by atoms with van der Waals surface area (Å²) >= 11 is 0. The van der Waals surface area contributed by atoms with E-state index in [1.807, 2.05) is 0 Å². The number of hydrogen-bond donors (Lipinski definition) is 4. The highest BCUT2D eigenvalue weighted by molar-refractivity contribution is 5.72. The van der Waals surface area contributed by atoms with Crippen LogP contribution in [0.3, 0.4) is 0 Å². The predicted octanol–water partition coefficient (Wildman–Crippen LogP) is -0.485. The second-order valence-electron chi connectivity index (χ2n) is 3.52. The number of aliphatic hydroxyl groups is 2. The Bertz CT molecular complexity index is 179. The second kappa shape index (κ2) is 4.55. The highest BCUT2D eigenvalue weighted by Gasteiger charge is 2.28. The quantitative estimate of drug-likeness (QED) is 0.439. The molecule has 0 bridgehead atoms. The summed E-state index contributed by atoms with van der Waals surface area (Å²) in [7, 11) is 0. The van der Waals surface area contributed by atoms with Crippen LogP contribution in [0.15, 0.2) is 0 Å². The average molecular weight is 191 g/mol. The minimum absolute atomic E-state index is 0.0296. The smallest absolute Gasteiger partial charge is 0.320 e. The number of carbonyl (C=O) groups is 1. The van der Waals surface area contributed by atoms with Crippen molar-refractivity contribution in [1.29, 1.82) is 0 Å². The van der Waals surface area contributed by atoms with Gasteiger partial charge in [0.05, 0.1) is 0 Å². The summed E-state index contributed by atoms with van der Waals surface area (Å²) in [6.07, 6.45) is 0.0264. The second-order valence-corrected chi connectivity index (χ2v) is 3.52. The van der Waals surface area contributed by atoms with Gasteiger partial charge >= 0.3 is 5.97 Å². The van der Waals surface area contributed by atoms with Gasteiger partial charge in [-0.05, 0) is 6.42 Å². The van der Waals surface area contributed by atoms with Crippen LogP contribution in [0.1, 0.15) is 26.7 Å². The highest BCUT2D eigenvalue weighted by Crippen LogP contribution is 2.19. The zero-order valence-electron chi connectivity index (χ0n) is 7.90. The van der Waals surface area contributed by atoms with Crippen LogP contribution in [-0.4, -0.2) is 33.1 Å². The highest BCUT2D eigenvalue weighted by atomic mass is 16.5. The zero-order valence-corrected chi connectivity index (χ0v) is 7.90. The molecule has 0 rings (SSSR count). The van der Waals surface area contributed by atoms with Crippen molar-refractivity contribution in [3.05, 3.63) is 0 Å². The summed E-state index contributed by atoms with van der Waals surface area (Å²) in [6, 6.07) is -1.03. The molecule has 0 radical (unpaired) electrons. The summed E-state index contributed by atoms with van der Waals surface area (Å²) in [5.74, 6) is -3.29. The lowest BCUT2D eigenvalue weighted by atomic mass is 9.96. The van der Waals surface area contributed by atoms with Crippen molar-refractivity contribution in [3.8, 4) is 0 Å². The van der Waals surface area contributed by atoms with Crippen LogP contribution in [0.25, 0.3) is 0 Å². The van der Waals surface area contributed by atoms with Crippen LogP contribution in [0.4, 0.5) is 0 Å². The molecule has 0 saturated heterocycles. The third-order valence-corrected chi connectivity index (χ3v) is 2.07. The molecule has 0 aliphatic rings. The van der Waals surface area contributed by atoms with Gasteiger partial charge in [-0.25, -0.2) is 0 Å². The topological polar surface area (TPSA) is 104 Å². The Kier molecular flexibility index (Phi) is 4.32. The number of rotatable bonds is 5. The molecule has 1 atom stereocenters. The molecule has 0 aliphatic heterocycles. The number of carboxylic acids is 1. The molecule has 78 valence electrons. The van der Waals surface area contributed by atoms with Crippen LogP contribution >= 0.6 is 0 Å². The summed E-state index contributed by atoms with van der Waals surface area (Å²) < 4.78 is 0. The Morgan fingerprint density at radius 2 is 1.92 bits per heavy atom. The van der Waals surface area contributed by atoms with E-state index in [1.54, 1.807) is 13.8 Å². The van der Waals surface area contributed by atoms with Gasteiger partial charge in [0.25, 0.3) is 0 Å². The first-order valence-electron chi connectivity index (χ1n) is 4.20. The molecule has 0 aromatic carbocycles. The fourth-order valence-electron chi connectivity index (χ4n) is 0.780. The fraction of sp³-hybridized carbons (Fsp3) is 0.875. The minimum atomic E-state index is -1.83. The average Bonchev–Trinajstić information content (AvgIpc) is 1.99. The summed E-state index contributed by atoms with van der Waals surface area (Å²) in [5, 5.41) is 27.1. The molecule has 13 heavy (non-hydrogen) atoms. The van der Waals surface area contributed by atoms with Crippen LogP contribution in [0.5, 0.6) is 0 Å². The van der Waals surface area contributed by atoms with E-state index in [0.29, 0.717) is 0 Å². The molecule has 0 saturated carbocycles. The van der Waals surface area contributed by atoms with Crippen molar-refractivity contribution in [2.45, 2.75) is 38.5 Å². The minimum Gasteiger partial charge on any atom is -0.480 e. The Morgan fingerprint density at radius 3 is 2.23 bits per heavy atom. The van der Waals surface area contributed by atoms with Crippen LogP contribution < -0.4 is 5.73 Å². The lowest BCUT2D eigenvalue weighted by molar-refractivity contribution is -0.197. The van der Waals surface area contributed by atoms with Crippen LogP contribution in [0.2, 0.25) is 0 Å². The molecular formula is C8H17NO4. The predicted molar refractivity (Wildman–Crippen MR) is 46.9 cm³/mol. The summed E-state index contributed by atoms with van der Waals surface area (Å²) in [5.41, 5.74) is 5.20. The van der Waals surface area contributed by atoms with Gasteiger partial charge in [0.15, 0.2) is 5.79 Å². The van der Waals surface area contributed by atoms with Crippen molar-refractivity contribution in [3.63, 3.8) is 0 Å². The fourth-order valence-corrected chi connectivity index (χ4v) is 0.780. The van der Waals surface area contributed by atoms with E-state index in [2.05, 4.69) is 0 Å². The van der Waals surface area contributed by atoms with E-state index >= 15 is 0 Å². The van der Waals surface area contributed by atoms with Gasteiger partial charge in [0, 0.05) is 12.3 Å². The Balaban J connectivity index is 3.95. The first-order chi connectivity index (χ1) is 5.77. The molecule has 0 unspecified atom stereocenters. The first-order valence-corrected chi connectivity index (χ1v) is 4.20. The third kappa shape index (κ3) is 4.21. The van der Waals surface area contributed by atoms with Gasteiger partial charge in [0.2, 0.25) is 0 Å². The maximum absolute atomic E-state index is 10.3. The maximum Gasteiger partial charge on any atom is 0.320 e. The molecule has 0 amide bonds. The number of aliphatic carboxylic acids is 1. The van der Waals surface area contributed by atoms with E-state index in [4.69, 9.17) is 10.8 Å². The van der Waals surface area contributed by atoms with E-state index < -0.39 is 17.8 Å². The Labute approximate surface area is 77.2 Å². The molecule has 0 aromatic heterocycles.